The summed E-state index contributed by atoms with van der Waals surface area (Å²) in [5, 5.41) is 0.211. The third-order valence-corrected chi connectivity index (χ3v) is 4.15. The van der Waals surface area contributed by atoms with Gasteiger partial charge in [0.1, 0.15) is 6.61 Å². The van der Waals surface area contributed by atoms with Crippen molar-refractivity contribution >= 4 is 33.5 Å². The van der Waals surface area contributed by atoms with Crippen LogP contribution in [0.25, 0.3) is 0 Å². The fraction of sp³-hybridized carbons (Fsp3) is 0.176. The van der Waals surface area contributed by atoms with Gasteiger partial charge in [-0.3, -0.25) is 9.69 Å². The number of halogens is 1. The Hall–Kier alpha value is -2.14. The molecule has 1 atom stereocenters. The Morgan fingerprint density at radius 2 is 1.82 bits per heavy atom. The van der Waals surface area contributed by atoms with Gasteiger partial charge in [-0.05, 0) is 17.7 Å². The van der Waals surface area contributed by atoms with Gasteiger partial charge in [0.2, 0.25) is 0 Å². The topological polar surface area (TPSA) is 46.6 Å². The summed E-state index contributed by atoms with van der Waals surface area (Å²) in [5.74, 6) is -0.0675. The van der Waals surface area contributed by atoms with Crippen LogP contribution in [0.4, 0.5) is 10.5 Å². The van der Waals surface area contributed by atoms with E-state index < -0.39 is 6.09 Å². The lowest BCUT2D eigenvalue weighted by Crippen LogP contribution is -2.29. The number of amides is 1. The van der Waals surface area contributed by atoms with Crippen molar-refractivity contribution in [1.29, 1.82) is 0 Å². The largest absolute Gasteiger partial charge is 0.447 e. The highest BCUT2D eigenvalue weighted by molar-refractivity contribution is 9.09. The molecule has 3 rings (SSSR count). The number of benzene rings is 2. The average Bonchev–Trinajstić information content (AvgIpc) is 2.96. The van der Waals surface area contributed by atoms with Crippen molar-refractivity contribution in [1.82, 2.24) is 0 Å². The number of ether oxygens (including phenoxy) is 1. The molecule has 1 fully saturated rings. The molecule has 1 aliphatic heterocycles. The molecule has 0 bridgehead atoms. The molecule has 1 heterocycles. The molecule has 0 N–H and O–H groups in total. The van der Waals surface area contributed by atoms with E-state index in [0.29, 0.717) is 11.3 Å². The zero-order valence-corrected chi connectivity index (χ0v) is 13.3. The van der Waals surface area contributed by atoms with Gasteiger partial charge >= 0.3 is 6.09 Å². The predicted molar refractivity (Wildman–Crippen MR) is 87.6 cm³/mol. The number of hydrogen-bond donors (Lipinski definition) is 0. The molecule has 0 aliphatic carbocycles. The number of Topliss-reactive ketones (excluding diaryl/α,β-unsaturated/α-hetero) is 1. The molecule has 0 unspecified atom stereocenters. The maximum atomic E-state index is 12.2. The summed E-state index contributed by atoms with van der Waals surface area (Å²) < 4.78 is 5.22. The van der Waals surface area contributed by atoms with Crippen molar-refractivity contribution in [2.45, 2.75) is 6.04 Å². The van der Waals surface area contributed by atoms with Crippen LogP contribution in [-0.4, -0.2) is 23.8 Å². The Morgan fingerprint density at radius 3 is 2.55 bits per heavy atom. The lowest BCUT2D eigenvalue weighted by Gasteiger charge is -2.23. The molecule has 0 aromatic heterocycles. The summed E-state index contributed by atoms with van der Waals surface area (Å²) in [6.45, 7) is 0.277. The number of carbonyl (C=O) groups excluding carboxylic acids is 2. The molecule has 22 heavy (non-hydrogen) atoms. The van der Waals surface area contributed by atoms with E-state index in [9.17, 15) is 9.59 Å². The molecular weight excluding hydrogens is 346 g/mol. The number of para-hydroxylation sites is 1. The minimum Gasteiger partial charge on any atom is -0.447 e. The summed E-state index contributed by atoms with van der Waals surface area (Å²) in [4.78, 5) is 25.9. The zero-order valence-electron chi connectivity index (χ0n) is 11.7. The van der Waals surface area contributed by atoms with Crippen LogP contribution < -0.4 is 4.90 Å². The minimum absolute atomic E-state index is 0.0675. The Morgan fingerprint density at radius 1 is 1.14 bits per heavy atom. The normalized spacial score (nSPS) is 17.4. The van der Waals surface area contributed by atoms with Crippen LogP contribution >= 0.6 is 15.9 Å². The molecule has 2 aromatic rings. The van der Waals surface area contributed by atoms with Gasteiger partial charge in [-0.15, -0.1) is 0 Å². The van der Waals surface area contributed by atoms with Crippen LogP contribution in [0.3, 0.4) is 0 Å². The van der Waals surface area contributed by atoms with Crippen LogP contribution in [-0.2, 0) is 4.74 Å². The smallest absolute Gasteiger partial charge is 0.415 e. The molecule has 0 spiro atoms. The van der Waals surface area contributed by atoms with Crippen molar-refractivity contribution in [2.24, 2.45) is 0 Å². The highest BCUT2D eigenvalue weighted by Crippen LogP contribution is 2.35. The average molecular weight is 360 g/mol. The molecule has 0 saturated carbocycles. The summed E-state index contributed by atoms with van der Waals surface area (Å²) in [5.41, 5.74) is 2.08. The van der Waals surface area contributed by atoms with Crippen molar-refractivity contribution in [3.8, 4) is 0 Å². The lowest BCUT2D eigenvalue weighted by atomic mass is 10.0. The fourth-order valence-electron chi connectivity index (χ4n) is 2.60. The first-order valence-corrected chi connectivity index (χ1v) is 8.03. The second-order valence-electron chi connectivity index (χ2n) is 4.95. The number of carbonyl (C=O) groups is 2. The third kappa shape index (κ3) is 2.64. The van der Waals surface area contributed by atoms with Crippen molar-refractivity contribution in [2.75, 3.05) is 16.8 Å². The number of cyclic esters (lactones) is 1. The van der Waals surface area contributed by atoms with Crippen LogP contribution in [0.1, 0.15) is 22.0 Å². The van der Waals surface area contributed by atoms with Crippen molar-refractivity contribution in [3.05, 3.63) is 65.7 Å². The maximum absolute atomic E-state index is 12.2. The molecule has 1 aliphatic rings. The molecule has 1 saturated heterocycles. The standard InChI is InChI=1S/C17H14BrNO3/c18-10-16(20)13-8-4-5-9-14(13)19-15(11-22-17(19)21)12-6-2-1-3-7-12/h1-9,15H,10-11H2/t15-/m1/s1. The molecule has 112 valence electrons. The number of rotatable bonds is 4. The Kier molecular flexibility index (Phi) is 4.24. The molecule has 0 radical (unpaired) electrons. The van der Waals surface area contributed by atoms with Gasteiger partial charge in [0, 0.05) is 5.56 Å². The molecule has 5 heteroatoms. The molecule has 1 amide bonds. The Labute approximate surface area is 136 Å². The van der Waals surface area contributed by atoms with E-state index in [2.05, 4.69) is 15.9 Å². The first kappa shape index (κ1) is 14.8. The second kappa shape index (κ2) is 6.32. The quantitative estimate of drug-likeness (QED) is 0.613. The SMILES string of the molecule is O=C(CBr)c1ccccc1N1C(=O)OC[C@@H]1c1ccccc1. The number of nitrogens with zero attached hydrogens (tertiary/aromatic N) is 1. The van der Waals surface area contributed by atoms with E-state index in [1.165, 1.54) is 0 Å². The Bertz CT molecular complexity index is 702. The Balaban J connectivity index is 2.05. The highest BCUT2D eigenvalue weighted by atomic mass is 79.9. The van der Waals surface area contributed by atoms with Gasteiger partial charge < -0.3 is 4.74 Å². The van der Waals surface area contributed by atoms with Gasteiger partial charge in [-0.1, -0.05) is 58.4 Å². The summed E-state index contributed by atoms with van der Waals surface area (Å²) in [6.07, 6.45) is -0.427. The monoisotopic (exact) mass is 359 g/mol. The summed E-state index contributed by atoms with van der Waals surface area (Å²) in [7, 11) is 0. The molecule has 2 aromatic carbocycles. The molecular formula is C17H14BrNO3. The van der Waals surface area contributed by atoms with E-state index in [4.69, 9.17) is 4.74 Å². The zero-order chi connectivity index (χ0) is 15.5. The molecule has 4 nitrogen and oxygen atoms in total. The van der Waals surface area contributed by atoms with E-state index in [0.717, 1.165) is 5.56 Å². The third-order valence-electron chi connectivity index (χ3n) is 3.64. The van der Waals surface area contributed by atoms with E-state index in [-0.39, 0.29) is 23.8 Å². The minimum atomic E-state index is -0.427. The van der Waals surface area contributed by atoms with Gasteiger partial charge in [0.05, 0.1) is 17.1 Å². The van der Waals surface area contributed by atoms with Crippen LogP contribution in [0.5, 0.6) is 0 Å². The van der Waals surface area contributed by atoms with Gasteiger partial charge in [0.25, 0.3) is 0 Å². The van der Waals surface area contributed by atoms with Crippen molar-refractivity contribution in [3.63, 3.8) is 0 Å². The van der Waals surface area contributed by atoms with E-state index >= 15 is 0 Å². The van der Waals surface area contributed by atoms with Gasteiger partial charge in [-0.25, -0.2) is 4.79 Å². The highest BCUT2D eigenvalue weighted by Gasteiger charge is 2.36. The van der Waals surface area contributed by atoms with Gasteiger partial charge in [-0.2, -0.15) is 0 Å². The first-order chi connectivity index (χ1) is 10.7. The maximum Gasteiger partial charge on any atom is 0.415 e. The lowest BCUT2D eigenvalue weighted by molar-refractivity contribution is 0.102. The van der Waals surface area contributed by atoms with Crippen LogP contribution in [0, 0.1) is 0 Å². The van der Waals surface area contributed by atoms with E-state index in [1.807, 2.05) is 36.4 Å². The first-order valence-electron chi connectivity index (χ1n) is 6.91. The van der Waals surface area contributed by atoms with E-state index in [1.54, 1.807) is 23.1 Å². The van der Waals surface area contributed by atoms with Crippen LogP contribution in [0.2, 0.25) is 0 Å². The summed E-state index contributed by atoms with van der Waals surface area (Å²) in [6, 6.07) is 16.6. The number of anilines is 1. The second-order valence-corrected chi connectivity index (χ2v) is 5.51. The fourth-order valence-corrected chi connectivity index (χ4v) is 2.90. The number of ketones is 1. The van der Waals surface area contributed by atoms with Gasteiger partial charge in [0.15, 0.2) is 5.78 Å². The van der Waals surface area contributed by atoms with Crippen LogP contribution in [0.15, 0.2) is 54.6 Å². The number of alkyl halides is 1. The summed E-state index contributed by atoms with van der Waals surface area (Å²) >= 11 is 3.19. The van der Waals surface area contributed by atoms with Crippen molar-refractivity contribution < 1.29 is 14.3 Å². The predicted octanol–water partition coefficient (Wildman–Crippen LogP) is 3.96. The number of hydrogen-bond acceptors (Lipinski definition) is 3.